The number of nitrogens with zero attached hydrogens (tertiary/aromatic N) is 2. The second kappa shape index (κ2) is 11.8. The summed E-state index contributed by atoms with van der Waals surface area (Å²) < 4.78 is 22.9. The van der Waals surface area contributed by atoms with Gasteiger partial charge >= 0.3 is 0 Å². The Bertz CT molecular complexity index is 950. The number of carbonyl (C=O) groups excluding carboxylic acids is 1. The van der Waals surface area contributed by atoms with E-state index >= 15 is 0 Å². The van der Waals surface area contributed by atoms with Crippen molar-refractivity contribution in [3.8, 4) is 5.75 Å². The molecule has 7 nitrogen and oxygen atoms in total. The minimum Gasteiger partial charge on any atom is -0.493 e. The number of methoxy groups -OCH3 is 2. The predicted octanol–water partition coefficient (Wildman–Crippen LogP) is 4.08. The van der Waals surface area contributed by atoms with E-state index in [1.54, 1.807) is 19.1 Å². The van der Waals surface area contributed by atoms with Gasteiger partial charge in [0.05, 0.1) is 18.3 Å². The minimum absolute atomic E-state index is 0.0342. The van der Waals surface area contributed by atoms with Crippen LogP contribution in [0.25, 0.3) is 0 Å². The third-order valence-corrected chi connectivity index (χ3v) is 6.39. The number of hydrogen-bond donors (Lipinski definition) is 0. The van der Waals surface area contributed by atoms with Crippen LogP contribution in [-0.4, -0.2) is 61.8 Å². The zero-order valence-corrected chi connectivity index (χ0v) is 21.3. The zero-order valence-electron chi connectivity index (χ0n) is 21.3. The Hall–Kier alpha value is -2.48. The molecule has 0 saturated carbocycles. The monoisotopic (exact) mass is 470 g/mol. The molecule has 1 aromatic heterocycles. The fourth-order valence-corrected chi connectivity index (χ4v) is 4.65. The molecule has 0 spiro atoms. The van der Waals surface area contributed by atoms with E-state index in [9.17, 15) is 4.79 Å². The molecule has 0 N–H and O–H groups in total. The van der Waals surface area contributed by atoms with E-state index in [2.05, 4.69) is 26.0 Å². The molecule has 7 heteroatoms. The zero-order chi connectivity index (χ0) is 24.7. The third-order valence-electron chi connectivity index (χ3n) is 6.39. The Labute approximate surface area is 203 Å². The van der Waals surface area contributed by atoms with Crippen LogP contribution >= 0.6 is 0 Å². The first-order valence-electron chi connectivity index (χ1n) is 11.9. The maximum atomic E-state index is 13.4. The Morgan fingerprint density at radius 3 is 2.50 bits per heavy atom. The standard InChI is InChI=1S/C27H38N2O5/c1-19(2)14-24-27(34-18-32-6,26(30)29(24)17-31-5)15-23-21(4)25(20(3)16-28-23)33-13-12-22-10-8-7-9-11-22/h7-11,16,19,24H,12-15,17-18H2,1-6H3/t24-,27+/m0/s1. The van der Waals surface area contributed by atoms with Crippen LogP contribution in [0.1, 0.15) is 42.7 Å². The second-order valence-corrected chi connectivity index (χ2v) is 9.38. The summed E-state index contributed by atoms with van der Waals surface area (Å²) in [6, 6.07) is 10.1. The van der Waals surface area contributed by atoms with Gasteiger partial charge in [0, 0.05) is 44.4 Å². The third kappa shape index (κ3) is 5.59. The van der Waals surface area contributed by atoms with Crippen LogP contribution in [0, 0.1) is 19.8 Å². The number of hydrogen-bond acceptors (Lipinski definition) is 6. The van der Waals surface area contributed by atoms with Crippen molar-refractivity contribution in [2.45, 2.75) is 58.6 Å². The molecule has 0 unspecified atom stereocenters. The van der Waals surface area contributed by atoms with Crippen molar-refractivity contribution < 1.29 is 23.7 Å². The summed E-state index contributed by atoms with van der Waals surface area (Å²) in [5.41, 5.74) is 2.91. The SMILES string of the molecule is COCO[C@@]1(Cc2ncc(C)c(OCCc3ccccc3)c2C)C(=O)N(COC)[C@H]1CC(C)C. The van der Waals surface area contributed by atoms with Gasteiger partial charge in [-0.05, 0) is 31.7 Å². The highest BCUT2D eigenvalue weighted by Gasteiger charge is 2.62. The van der Waals surface area contributed by atoms with E-state index in [0.29, 0.717) is 18.9 Å². The molecule has 1 amide bonds. The summed E-state index contributed by atoms with van der Waals surface area (Å²) in [5, 5.41) is 0. The number of benzene rings is 1. The number of aryl methyl sites for hydroxylation is 1. The van der Waals surface area contributed by atoms with Crippen LogP contribution < -0.4 is 4.74 Å². The maximum absolute atomic E-state index is 13.4. The molecule has 34 heavy (non-hydrogen) atoms. The van der Waals surface area contributed by atoms with Gasteiger partial charge in [0.15, 0.2) is 5.60 Å². The molecule has 1 aliphatic rings. The molecule has 1 aliphatic heterocycles. The summed E-state index contributed by atoms with van der Waals surface area (Å²) in [6.45, 7) is 9.12. The fourth-order valence-electron chi connectivity index (χ4n) is 4.65. The first-order valence-corrected chi connectivity index (χ1v) is 11.9. The first-order chi connectivity index (χ1) is 16.3. The normalized spacial score (nSPS) is 20.0. The lowest BCUT2D eigenvalue weighted by atomic mass is 9.74. The smallest absolute Gasteiger partial charge is 0.259 e. The quantitative estimate of drug-likeness (QED) is 0.325. The van der Waals surface area contributed by atoms with Gasteiger partial charge in [-0.15, -0.1) is 0 Å². The molecule has 3 rings (SSSR count). The fraction of sp³-hybridized carbons (Fsp3) is 0.556. The van der Waals surface area contributed by atoms with Crippen LogP contribution in [-0.2, 0) is 31.8 Å². The van der Waals surface area contributed by atoms with Gasteiger partial charge in [0.2, 0.25) is 0 Å². The molecule has 1 saturated heterocycles. The lowest BCUT2D eigenvalue weighted by molar-refractivity contribution is -0.235. The number of ether oxygens (including phenoxy) is 4. The van der Waals surface area contributed by atoms with Gasteiger partial charge in [-0.25, -0.2) is 0 Å². The molecule has 186 valence electrons. The summed E-state index contributed by atoms with van der Waals surface area (Å²) >= 11 is 0. The molecule has 0 aliphatic carbocycles. The second-order valence-electron chi connectivity index (χ2n) is 9.38. The molecule has 2 heterocycles. The predicted molar refractivity (Wildman–Crippen MR) is 131 cm³/mol. The number of likely N-dealkylation sites (tertiary alicyclic amines) is 1. The Morgan fingerprint density at radius 2 is 1.85 bits per heavy atom. The van der Waals surface area contributed by atoms with E-state index in [-0.39, 0.29) is 25.5 Å². The van der Waals surface area contributed by atoms with Gasteiger partial charge < -0.3 is 23.8 Å². The molecule has 2 atom stereocenters. The van der Waals surface area contributed by atoms with E-state index in [1.807, 2.05) is 38.2 Å². The van der Waals surface area contributed by atoms with E-state index < -0.39 is 5.60 Å². The number of amides is 1. The van der Waals surface area contributed by atoms with Gasteiger partial charge in [0.1, 0.15) is 19.3 Å². The maximum Gasteiger partial charge on any atom is 0.259 e. The molecular formula is C27H38N2O5. The van der Waals surface area contributed by atoms with Gasteiger partial charge in [0.25, 0.3) is 5.91 Å². The minimum atomic E-state index is -1.03. The highest BCUT2D eigenvalue weighted by atomic mass is 16.7. The van der Waals surface area contributed by atoms with Crippen LogP contribution in [0.2, 0.25) is 0 Å². The molecule has 1 fully saturated rings. The van der Waals surface area contributed by atoms with Crippen molar-refractivity contribution in [2.75, 3.05) is 34.4 Å². The number of β-lactam (4-membered cyclic amide) rings is 1. The molecule has 2 aromatic rings. The Kier molecular flexibility index (Phi) is 9.05. The highest BCUT2D eigenvalue weighted by molar-refractivity contribution is 5.93. The van der Waals surface area contributed by atoms with Crippen LogP contribution in [0.3, 0.4) is 0 Å². The lowest BCUT2D eigenvalue weighted by Gasteiger charge is -2.55. The first kappa shape index (κ1) is 26.1. The Balaban J connectivity index is 1.85. The number of carbonyl (C=O) groups is 1. The van der Waals surface area contributed by atoms with Gasteiger partial charge in [-0.3, -0.25) is 9.78 Å². The van der Waals surface area contributed by atoms with Crippen LogP contribution in [0.5, 0.6) is 5.75 Å². The van der Waals surface area contributed by atoms with E-state index in [0.717, 1.165) is 35.4 Å². The lowest BCUT2D eigenvalue weighted by Crippen LogP contribution is -2.76. The van der Waals surface area contributed by atoms with Crippen molar-refractivity contribution in [2.24, 2.45) is 5.92 Å². The molecule has 0 bridgehead atoms. The number of aromatic nitrogens is 1. The Morgan fingerprint density at radius 1 is 1.12 bits per heavy atom. The van der Waals surface area contributed by atoms with Gasteiger partial charge in [-0.2, -0.15) is 0 Å². The summed E-state index contributed by atoms with van der Waals surface area (Å²) in [5.74, 6) is 1.11. The summed E-state index contributed by atoms with van der Waals surface area (Å²) in [7, 11) is 3.16. The highest BCUT2D eigenvalue weighted by Crippen LogP contribution is 2.42. The average molecular weight is 471 g/mol. The van der Waals surface area contributed by atoms with Crippen LogP contribution in [0.15, 0.2) is 36.5 Å². The van der Waals surface area contributed by atoms with Crippen LogP contribution in [0.4, 0.5) is 0 Å². The summed E-state index contributed by atoms with van der Waals surface area (Å²) in [6.07, 6.45) is 3.79. The molecule has 1 aromatic carbocycles. The van der Waals surface area contributed by atoms with Gasteiger partial charge in [-0.1, -0.05) is 44.2 Å². The van der Waals surface area contributed by atoms with Crippen molar-refractivity contribution >= 4 is 5.91 Å². The van der Waals surface area contributed by atoms with Crippen molar-refractivity contribution in [1.82, 2.24) is 9.88 Å². The topological polar surface area (TPSA) is 70.1 Å². The summed E-state index contributed by atoms with van der Waals surface area (Å²) in [4.78, 5) is 19.8. The molecular weight excluding hydrogens is 432 g/mol. The largest absolute Gasteiger partial charge is 0.493 e. The van der Waals surface area contributed by atoms with E-state index in [4.69, 9.17) is 23.9 Å². The van der Waals surface area contributed by atoms with Crippen molar-refractivity contribution in [3.63, 3.8) is 0 Å². The average Bonchev–Trinajstić information content (AvgIpc) is 2.83. The van der Waals surface area contributed by atoms with Crippen molar-refractivity contribution in [1.29, 1.82) is 0 Å². The molecule has 0 radical (unpaired) electrons. The number of pyridine rings is 1. The number of rotatable bonds is 13. The van der Waals surface area contributed by atoms with E-state index in [1.165, 1.54) is 5.56 Å². The van der Waals surface area contributed by atoms with Crippen molar-refractivity contribution in [3.05, 3.63) is 58.9 Å².